The summed E-state index contributed by atoms with van der Waals surface area (Å²) in [5.41, 5.74) is 6.77. The van der Waals surface area contributed by atoms with E-state index in [1.165, 1.54) is 5.39 Å². The summed E-state index contributed by atoms with van der Waals surface area (Å²) in [7, 11) is 0. The fraction of sp³-hybridized carbons (Fsp3) is 0.0263. The molecule has 0 aliphatic carbocycles. The number of hydrogen-bond acceptors (Lipinski definition) is 4. The second-order valence-electron chi connectivity index (χ2n) is 10.1. The van der Waals surface area contributed by atoms with Crippen molar-refractivity contribution >= 4 is 32.7 Å². The quantitative estimate of drug-likeness (QED) is 0.222. The Morgan fingerprint density at radius 1 is 0.357 bits per heavy atom. The van der Waals surface area contributed by atoms with E-state index >= 15 is 0 Å². The molecule has 0 saturated carbocycles. The summed E-state index contributed by atoms with van der Waals surface area (Å²) in [5, 5.41) is 4.44. The number of rotatable bonds is 4. The standard InChI is InChI=1S/C37H23N3O.CH4/c1-2-9-24(10-3-1)27-13-8-14-28(21-27)35-38-36(29-18-17-25-11-4-5-12-26(25)22-29)40-37(39-35)30-19-20-34-32(23-30)31-15-6-7-16-33(31)41-34;/h1-23H;1H4. The molecule has 0 aliphatic heterocycles. The third-order valence-corrected chi connectivity index (χ3v) is 7.51. The lowest BCUT2D eigenvalue weighted by atomic mass is 10.0. The first-order chi connectivity index (χ1) is 20.3. The topological polar surface area (TPSA) is 51.8 Å². The van der Waals surface area contributed by atoms with Gasteiger partial charge in [0.05, 0.1) is 0 Å². The van der Waals surface area contributed by atoms with Gasteiger partial charge in [-0.25, -0.2) is 15.0 Å². The summed E-state index contributed by atoms with van der Waals surface area (Å²) >= 11 is 0. The molecular weight excluding hydrogens is 514 g/mol. The Hall–Kier alpha value is -5.61. The van der Waals surface area contributed by atoms with Gasteiger partial charge in [0.2, 0.25) is 0 Å². The predicted octanol–water partition coefficient (Wildman–Crippen LogP) is 10.2. The highest BCUT2D eigenvalue weighted by molar-refractivity contribution is 6.06. The highest BCUT2D eigenvalue weighted by Crippen LogP contribution is 2.33. The SMILES string of the molecule is C.c1ccc(-c2cccc(-c3nc(-c4ccc5ccccc5c4)nc(-c4ccc5oc6ccccc6c5c4)n3)c2)cc1. The van der Waals surface area contributed by atoms with E-state index in [1.54, 1.807) is 0 Å². The second-order valence-corrected chi connectivity index (χ2v) is 10.1. The smallest absolute Gasteiger partial charge is 0.164 e. The Balaban J connectivity index is 0.00000288. The highest BCUT2D eigenvalue weighted by atomic mass is 16.3. The van der Waals surface area contributed by atoms with E-state index in [9.17, 15) is 0 Å². The van der Waals surface area contributed by atoms with Gasteiger partial charge >= 0.3 is 0 Å². The molecule has 0 amide bonds. The lowest BCUT2D eigenvalue weighted by Crippen LogP contribution is -2.00. The molecule has 0 N–H and O–H groups in total. The van der Waals surface area contributed by atoms with Crippen molar-refractivity contribution < 1.29 is 4.42 Å². The maximum atomic E-state index is 6.07. The van der Waals surface area contributed by atoms with Gasteiger partial charge < -0.3 is 4.42 Å². The first-order valence-electron chi connectivity index (χ1n) is 13.6. The van der Waals surface area contributed by atoms with Crippen molar-refractivity contribution in [1.82, 2.24) is 15.0 Å². The maximum Gasteiger partial charge on any atom is 0.164 e. The van der Waals surface area contributed by atoms with E-state index in [0.717, 1.165) is 55.1 Å². The molecular formula is C38H27N3O. The zero-order valence-electron chi connectivity index (χ0n) is 22.0. The van der Waals surface area contributed by atoms with Crippen molar-refractivity contribution in [2.75, 3.05) is 0 Å². The number of nitrogens with zero attached hydrogens (tertiary/aromatic N) is 3. The summed E-state index contributed by atoms with van der Waals surface area (Å²) in [6.07, 6.45) is 0. The minimum atomic E-state index is 0. The van der Waals surface area contributed by atoms with Crippen molar-refractivity contribution in [2.45, 2.75) is 7.43 Å². The van der Waals surface area contributed by atoms with Crippen LogP contribution in [-0.2, 0) is 0 Å². The Morgan fingerprint density at radius 2 is 0.929 bits per heavy atom. The zero-order valence-corrected chi connectivity index (χ0v) is 22.0. The Morgan fingerprint density at radius 3 is 1.74 bits per heavy atom. The normalized spacial score (nSPS) is 11.1. The van der Waals surface area contributed by atoms with Gasteiger partial charge in [-0.15, -0.1) is 0 Å². The third kappa shape index (κ3) is 4.49. The average Bonchev–Trinajstić information content (AvgIpc) is 3.43. The van der Waals surface area contributed by atoms with Gasteiger partial charge in [-0.05, 0) is 58.3 Å². The summed E-state index contributed by atoms with van der Waals surface area (Å²) in [4.78, 5) is 15.0. The van der Waals surface area contributed by atoms with E-state index in [1.807, 2.05) is 36.4 Å². The fourth-order valence-corrected chi connectivity index (χ4v) is 5.43. The second kappa shape index (κ2) is 10.4. The molecule has 4 nitrogen and oxygen atoms in total. The van der Waals surface area contributed by atoms with Crippen molar-refractivity contribution in [1.29, 1.82) is 0 Å². The van der Waals surface area contributed by atoms with Crippen LogP contribution < -0.4 is 0 Å². The molecule has 0 bridgehead atoms. The Bertz CT molecular complexity index is 2220. The molecule has 0 saturated heterocycles. The van der Waals surface area contributed by atoms with Crippen molar-refractivity contribution in [3.05, 3.63) is 140 Å². The molecule has 0 spiro atoms. The number of furan rings is 1. The third-order valence-electron chi connectivity index (χ3n) is 7.51. The van der Waals surface area contributed by atoms with Gasteiger partial charge in [0, 0.05) is 27.5 Å². The lowest BCUT2D eigenvalue weighted by molar-refractivity contribution is 0.669. The monoisotopic (exact) mass is 541 g/mol. The van der Waals surface area contributed by atoms with Crippen LogP contribution in [0.1, 0.15) is 7.43 Å². The van der Waals surface area contributed by atoms with E-state index in [2.05, 4.69) is 103 Å². The van der Waals surface area contributed by atoms with E-state index in [0.29, 0.717) is 17.5 Å². The maximum absolute atomic E-state index is 6.07. The van der Waals surface area contributed by atoms with Crippen molar-refractivity contribution in [3.8, 4) is 45.3 Å². The van der Waals surface area contributed by atoms with Crippen LogP contribution in [-0.4, -0.2) is 15.0 Å². The average molecular weight is 542 g/mol. The largest absolute Gasteiger partial charge is 0.456 e. The number of para-hydroxylation sites is 1. The molecule has 2 aromatic heterocycles. The van der Waals surface area contributed by atoms with E-state index < -0.39 is 0 Å². The lowest BCUT2D eigenvalue weighted by Gasteiger charge is -2.10. The summed E-state index contributed by atoms with van der Waals surface area (Å²) in [6.45, 7) is 0. The summed E-state index contributed by atoms with van der Waals surface area (Å²) in [6, 6.07) is 47.6. The van der Waals surface area contributed by atoms with Crippen LogP contribution in [0.3, 0.4) is 0 Å². The van der Waals surface area contributed by atoms with Crippen molar-refractivity contribution in [3.63, 3.8) is 0 Å². The fourth-order valence-electron chi connectivity index (χ4n) is 5.43. The van der Waals surface area contributed by atoms with Gasteiger partial charge in [-0.2, -0.15) is 0 Å². The molecule has 8 aromatic rings. The molecule has 200 valence electrons. The van der Waals surface area contributed by atoms with Gasteiger partial charge in [-0.3, -0.25) is 0 Å². The van der Waals surface area contributed by atoms with Crippen LogP contribution >= 0.6 is 0 Å². The number of benzene rings is 6. The Labute approximate surface area is 244 Å². The molecule has 2 heterocycles. The molecule has 0 unspecified atom stereocenters. The van der Waals surface area contributed by atoms with Crippen LogP contribution in [0.25, 0.3) is 78.0 Å². The first kappa shape index (κ1) is 25.4. The van der Waals surface area contributed by atoms with Gasteiger partial charge in [0.1, 0.15) is 11.2 Å². The van der Waals surface area contributed by atoms with E-state index in [-0.39, 0.29) is 7.43 Å². The van der Waals surface area contributed by atoms with Gasteiger partial charge in [-0.1, -0.05) is 111 Å². The highest BCUT2D eigenvalue weighted by Gasteiger charge is 2.15. The molecule has 4 heteroatoms. The van der Waals surface area contributed by atoms with Crippen LogP contribution in [0.4, 0.5) is 0 Å². The van der Waals surface area contributed by atoms with E-state index in [4.69, 9.17) is 19.4 Å². The minimum absolute atomic E-state index is 0. The van der Waals surface area contributed by atoms with Crippen LogP contribution in [0.5, 0.6) is 0 Å². The van der Waals surface area contributed by atoms with Gasteiger partial charge in [0.25, 0.3) is 0 Å². The number of hydrogen-bond donors (Lipinski definition) is 0. The van der Waals surface area contributed by atoms with Crippen LogP contribution in [0, 0.1) is 0 Å². The molecule has 8 rings (SSSR count). The number of aromatic nitrogens is 3. The molecule has 0 radical (unpaired) electrons. The Kier molecular flexibility index (Phi) is 6.29. The zero-order chi connectivity index (χ0) is 27.2. The number of fused-ring (bicyclic) bond motifs is 4. The minimum Gasteiger partial charge on any atom is -0.456 e. The van der Waals surface area contributed by atoms with Crippen molar-refractivity contribution in [2.24, 2.45) is 0 Å². The summed E-state index contributed by atoms with van der Waals surface area (Å²) < 4.78 is 6.07. The molecule has 0 atom stereocenters. The molecule has 42 heavy (non-hydrogen) atoms. The predicted molar refractivity (Wildman–Crippen MR) is 173 cm³/mol. The molecule has 0 aliphatic rings. The summed E-state index contributed by atoms with van der Waals surface area (Å²) in [5.74, 6) is 1.89. The molecule has 6 aromatic carbocycles. The first-order valence-corrected chi connectivity index (χ1v) is 13.6. The van der Waals surface area contributed by atoms with Crippen LogP contribution in [0.15, 0.2) is 144 Å². The van der Waals surface area contributed by atoms with Gasteiger partial charge in [0.15, 0.2) is 17.5 Å². The molecule has 0 fully saturated rings. The van der Waals surface area contributed by atoms with Crippen LogP contribution in [0.2, 0.25) is 0 Å².